The van der Waals surface area contributed by atoms with Crippen LogP contribution in [0.25, 0.3) is 0 Å². The summed E-state index contributed by atoms with van der Waals surface area (Å²) in [4.78, 5) is 0. The highest BCUT2D eigenvalue weighted by molar-refractivity contribution is 5.24. The molecule has 3 rings (SSSR count). The summed E-state index contributed by atoms with van der Waals surface area (Å²) in [6, 6.07) is 8.87. The summed E-state index contributed by atoms with van der Waals surface area (Å²) in [7, 11) is 0. The molecule has 0 radical (unpaired) electrons. The monoisotopic (exact) mass is 300 g/mol. The van der Waals surface area contributed by atoms with Gasteiger partial charge in [-0.2, -0.15) is 0 Å². The van der Waals surface area contributed by atoms with Crippen LogP contribution in [0, 0.1) is 24.7 Å². The molecule has 0 N–H and O–H groups in total. The van der Waals surface area contributed by atoms with Gasteiger partial charge < -0.3 is 0 Å². The van der Waals surface area contributed by atoms with Crippen LogP contribution in [0.2, 0.25) is 0 Å². The van der Waals surface area contributed by atoms with Gasteiger partial charge in [-0.1, -0.05) is 42.0 Å². The molecule has 0 heterocycles. The van der Waals surface area contributed by atoms with Crippen molar-refractivity contribution >= 4 is 0 Å². The second-order valence-electron chi connectivity index (χ2n) is 7.10. The van der Waals surface area contributed by atoms with Crippen LogP contribution < -0.4 is 0 Å². The highest BCUT2D eigenvalue weighted by Gasteiger charge is 2.30. The topological polar surface area (TPSA) is 0 Å². The molecule has 2 fully saturated rings. The molecule has 0 atom stereocenters. The van der Waals surface area contributed by atoms with E-state index in [0.29, 0.717) is 24.7 Å². The quantitative estimate of drug-likeness (QED) is 0.548. The molecule has 0 aromatic heterocycles. The van der Waals surface area contributed by atoms with E-state index >= 15 is 0 Å². The van der Waals surface area contributed by atoms with Gasteiger partial charge in [0.2, 0.25) is 0 Å². The largest absolute Gasteiger partial charge is 0.0914 e. The molecule has 0 unspecified atom stereocenters. The predicted molar refractivity (Wildman–Crippen MR) is 96.1 cm³/mol. The molecule has 120 valence electrons. The predicted octanol–water partition coefficient (Wildman–Crippen LogP) is 6.65. The van der Waals surface area contributed by atoms with Gasteiger partial charge in [-0.3, -0.25) is 0 Å². The van der Waals surface area contributed by atoms with E-state index in [1.807, 2.05) is 6.92 Å². The summed E-state index contributed by atoms with van der Waals surface area (Å²) in [5.74, 6) is 0.619. The van der Waals surface area contributed by atoms with E-state index < -0.39 is 18.7 Å². The third-order valence-electron chi connectivity index (χ3n) is 5.57. The van der Waals surface area contributed by atoms with Gasteiger partial charge in [0.1, 0.15) is 0 Å². The van der Waals surface area contributed by atoms with Crippen molar-refractivity contribution in [3.05, 3.63) is 47.5 Å². The highest BCUT2D eigenvalue weighted by atomic mass is 14.4. The van der Waals surface area contributed by atoms with Crippen LogP contribution in [-0.2, 0) is 0 Å². The molecule has 2 saturated carbocycles. The van der Waals surface area contributed by atoms with Crippen LogP contribution in [0.4, 0.5) is 0 Å². The van der Waals surface area contributed by atoms with Crippen molar-refractivity contribution in [3.8, 4) is 0 Å². The minimum Gasteiger partial charge on any atom is -0.0914 e. The molecule has 0 spiro atoms. The van der Waals surface area contributed by atoms with E-state index in [2.05, 4.69) is 31.2 Å². The zero-order chi connectivity index (χ0) is 18.9. The summed E-state index contributed by atoms with van der Waals surface area (Å²) >= 11 is 0. The van der Waals surface area contributed by atoms with Crippen molar-refractivity contribution in [3.63, 3.8) is 0 Å². The smallest absolute Gasteiger partial charge is 0.0273 e. The first kappa shape index (κ1) is 11.5. The van der Waals surface area contributed by atoms with Crippen molar-refractivity contribution < 1.29 is 5.48 Å². The van der Waals surface area contributed by atoms with E-state index in [4.69, 9.17) is 5.48 Å². The maximum Gasteiger partial charge on any atom is 0.0273 e. The normalized spacial score (nSPS) is 40.5. The van der Waals surface area contributed by atoms with E-state index in [0.717, 1.165) is 25.7 Å². The van der Waals surface area contributed by atoms with E-state index in [1.54, 1.807) is 12.2 Å². The number of hydrogen-bond donors (Lipinski definition) is 0. The zero-order valence-electron chi connectivity index (χ0n) is 18.0. The van der Waals surface area contributed by atoms with Crippen LogP contribution in [0.15, 0.2) is 36.4 Å². The van der Waals surface area contributed by atoms with Gasteiger partial charge in [0, 0.05) is 5.48 Å². The molecule has 0 heteroatoms. The Balaban J connectivity index is 1.65. The van der Waals surface area contributed by atoms with Gasteiger partial charge in [0.05, 0.1) is 0 Å². The zero-order valence-corrected chi connectivity index (χ0v) is 14.0. The molecule has 22 heavy (non-hydrogen) atoms. The lowest BCUT2D eigenvalue weighted by molar-refractivity contribution is 0.171. The fourth-order valence-corrected chi connectivity index (χ4v) is 4.13. The van der Waals surface area contributed by atoms with Gasteiger partial charge in [-0.25, -0.2) is 0 Å². The first-order valence-corrected chi connectivity index (χ1v) is 8.92. The Morgan fingerprint density at radius 2 is 1.50 bits per heavy atom. The van der Waals surface area contributed by atoms with E-state index in [9.17, 15) is 0 Å². The fourth-order valence-electron chi connectivity index (χ4n) is 4.13. The average Bonchev–Trinajstić information content (AvgIpc) is 2.58. The standard InChI is InChI=1S/C22H32/c1-3-4-18-7-11-20(12-8-18)22-15-13-21(14-16-22)19-9-5-17(2)6-10-19/h3-6,9-10,18,20-22H,7-8,11-16H2,1-2H3/b4-3+/t18-,20-,21?,22?/i7D2,8D2. The van der Waals surface area contributed by atoms with Gasteiger partial charge in [-0.05, 0) is 94.4 Å². The Morgan fingerprint density at radius 1 is 0.909 bits per heavy atom. The Kier molecular flexibility index (Phi) is 3.91. The molecule has 2 aliphatic rings. The molecule has 0 bridgehead atoms. The van der Waals surface area contributed by atoms with E-state index in [1.165, 1.54) is 11.1 Å². The van der Waals surface area contributed by atoms with E-state index in [-0.39, 0.29) is 5.92 Å². The first-order chi connectivity index (χ1) is 12.2. The molecule has 0 amide bonds. The van der Waals surface area contributed by atoms with Gasteiger partial charge in [0.15, 0.2) is 0 Å². The highest BCUT2D eigenvalue weighted by Crippen LogP contribution is 2.44. The van der Waals surface area contributed by atoms with Crippen LogP contribution in [0.1, 0.15) is 80.7 Å². The van der Waals surface area contributed by atoms with Crippen molar-refractivity contribution in [1.82, 2.24) is 0 Å². The molecule has 2 aliphatic carbocycles. The van der Waals surface area contributed by atoms with Crippen LogP contribution in [0.3, 0.4) is 0 Å². The Morgan fingerprint density at radius 3 is 2.09 bits per heavy atom. The SMILES string of the molecule is [2H]C1([2H])C[C@H](C2CCC(c3ccc(C)cc3)CC2)CC([2H])([2H])[C@H]1/C=C/C. The summed E-state index contributed by atoms with van der Waals surface area (Å²) in [5, 5.41) is 0. The van der Waals surface area contributed by atoms with Crippen LogP contribution in [0.5, 0.6) is 0 Å². The second kappa shape index (κ2) is 7.49. The number of rotatable bonds is 3. The van der Waals surface area contributed by atoms with Crippen molar-refractivity contribution in [2.75, 3.05) is 0 Å². The second-order valence-corrected chi connectivity index (χ2v) is 7.10. The summed E-state index contributed by atoms with van der Waals surface area (Å²) in [6.07, 6.45) is 6.14. The van der Waals surface area contributed by atoms with Crippen molar-refractivity contribution in [2.45, 2.75) is 71.0 Å². The Labute approximate surface area is 142 Å². The van der Waals surface area contributed by atoms with Crippen LogP contribution in [-0.4, -0.2) is 0 Å². The average molecular weight is 301 g/mol. The minimum absolute atomic E-state index is 0.167. The molecule has 0 saturated heterocycles. The molecule has 0 nitrogen and oxygen atoms in total. The first-order valence-electron chi connectivity index (χ1n) is 10.9. The summed E-state index contributed by atoms with van der Waals surface area (Å²) in [5.41, 5.74) is 2.72. The lowest BCUT2D eigenvalue weighted by Crippen LogP contribution is -2.25. The van der Waals surface area contributed by atoms with Crippen molar-refractivity contribution in [1.29, 1.82) is 0 Å². The van der Waals surface area contributed by atoms with Crippen LogP contribution >= 0.6 is 0 Å². The van der Waals surface area contributed by atoms with Gasteiger partial charge in [0.25, 0.3) is 0 Å². The Bertz CT molecular complexity index is 606. The maximum atomic E-state index is 8.46. The Hall–Kier alpha value is -1.04. The third kappa shape index (κ3) is 3.83. The number of allylic oxidation sites excluding steroid dienone is 2. The number of hydrogen-bond acceptors (Lipinski definition) is 0. The van der Waals surface area contributed by atoms with Gasteiger partial charge >= 0.3 is 0 Å². The summed E-state index contributed by atoms with van der Waals surface area (Å²) < 4.78 is 33.8. The molecule has 1 aromatic carbocycles. The number of aryl methyl sites for hydroxylation is 1. The van der Waals surface area contributed by atoms with Crippen molar-refractivity contribution in [2.24, 2.45) is 17.8 Å². The molecule has 1 aromatic rings. The molecular formula is C22H32. The molecular weight excluding hydrogens is 264 g/mol. The van der Waals surface area contributed by atoms with Gasteiger partial charge in [-0.15, -0.1) is 0 Å². The fraction of sp³-hybridized carbons (Fsp3) is 0.636. The lowest BCUT2D eigenvalue weighted by Gasteiger charge is -2.37. The summed E-state index contributed by atoms with van der Waals surface area (Å²) in [6.45, 7) is 3.97. The minimum atomic E-state index is -1.45. The lowest BCUT2D eigenvalue weighted by atomic mass is 9.68. The third-order valence-corrected chi connectivity index (χ3v) is 5.57. The molecule has 0 aliphatic heterocycles. The number of benzene rings is 1. The maximum absolute atomic E-state index is 8.46.